The van der Waals surface area contributed by atoms with E-state index in [9.17, 15) is 28.2 Å². The molecule has 0 saturated carbocycles. The van der Waals surface area contributed by atoms with E-state index in [1.54, 1.807) is 31.2 Å². The monoisotopic (exact) mass is 428 g/mol. The molecule has 30 heavy (non-hydrogen) atoms. The molecule has 9 heteroatoms. The van der Waals surface area contributed by atoms with Crippen molar-refractivity contribution in [2.75, 3.05) is 10.8 Å². The summed E-state index contributed by atoms with van der Waals surface area (Å²) in [6, 6.07) is 9.88. The lowest BCUT2D eigenvalue weighted by Crippen LogP contribution is -2.63. The van der Waals surface area contributed by atoms with Crippen molar-refractivity contribution in [3.63, 3.8) is 0 Å². The minimum Gasteiger partial charge on any atom is -0.477 e. The minimum atomic E-state index is -3.86. The van der Waals surface area contributed by atoms with Crippen LogP contribution in [0.25, 0.3) is 10.8 Å². The molecule has 2 N–H and O–H groups in total. The first-order valence-electron chi connectivity index (χ1n) is 9.68. The van der Waals surface area contributed by atoms with Crippen LogP contribution in [0.2, 0.25) is 0 Å². The molecule has 3 heterocycles. The number of carbonyl (C=O) groups excluding carboxylic acids is 1. The summed E-state index contributed by atoms with van der Waals surface area (Å²) < 4.78 is 27.8. The van der Waals surface area contributed by atoms with Crippen LogP contribution in [0.4, 0.5) is 5.69 Å². The number of aliphatic hydroxyl groups excluding tert-OH is 1. The second-order valence-electron chi connectivity index (χ2n) is 8.08. The SMILES string of the molecule is C[C@@H](O)[C@H]1C(=O)N2C(C(=O)O)=C(CN3c4cccc5cccc(c45)S3(=O)=O)[C@H](C)[C@H]12. The highest BCUT2D eigenvalue weighted by Crippen LogP contribution is 2.49. The van der Waals surface area contributed by atoms with Crippen molar-refractivity contribution in [2.45, 2.75) is 30.9 Å². The van der Waals surface area contributed by atoms with E-state index in [-0.39, 0.29) is 17.1 Å². The average Bonchev–Trinajstić information content (AvgIpc) is 3.05. The molecule has 156 valence electrons. The number of sulfonamides is 1. The summed E-state index contributed by atoms with van der Waals surface area (Å²) in [7, 11) is -3.86. The lowest BCUT2D eigenvalue weighted by Gasteiger charge is -2.46. The number of amides is 1. The maximum absolute atomic E-state index is 13.3. The maximum Gasteiger partial charge on any atom is 0.352 e. The summed E-state index contributed by atoms with van der Waals surface area (Å²) >= 11 is 0. The van der Waals surface area contributed by atoms with Gasteiger partial charge in [0.1, 0.15) is 5.70 Å². The van der Waals surface area contributed by atoms with Crippen LogP contribution in [0.15, 0.2) is 52.6 Å². The van der Waals surface area contributed by atoms with E-state index in [0.717, 1.165) is 5.39 Å². The zero-order chi connectivity index (χ0) is 21.5. The van der Waals surface area contributed by atoms with Gasteiger partial charge >= 0.3 is 5.97 Å². The van der Waals surface area contributed by atoms with Crippen molar-refractivity contribution in [1.29, 1.82) is 0 Å². The fourth-order valence-electron chi connectivity index (χ4n) is 5.14. The Morgan fingerprint density at radius 2 is 1.87 bits per heavy atom. The average molecular weight is 428 g/mol. The number of benzene rings is 2. The number of rotatable bonds is 4. The molecule has 4 atom stereocenters. The molecule has 0 bridgehead atoms. The summed E-state index contributed by atoms with van der Waals surface area (Å²) in [4.78, 5) is 26.0. The third-order valence-corrected chi connectivity index (χ3v) is 8.32. The van der Waals surface area contributed by atoms with Crippen molar-refractivity contribution in [3.8, 4) is 0 Å². The third kappa shape index (κ3) is 2.21. The van der Waals surface area contributed by atoms with E-state index >= 15 is 0 Å². The van der Waals surface area contributed by atoms with E-state index in [0.29, 0.717) is 16.6 Å². The third-order valence-electron chi connectivity index (χ3n) is 6.51. The maximum atomic E-state index is 13.3. The molecule has 1 amide bonds. The molecule has 2 aromatic rings. The Kier molecular flexibility index (Phi) is 3.85. The zero-order valence-corrected chi connectivity index (χ0v) is 17.1. The molecule has 1 fully saturated rings. The topological polar surface area (TPSA) is 115 Å². The number of carboxylic acid groups (broad SMARTS) is 1. The van der Waals surface area contributed by atoms with Gasteiger partial charge < -0.3 is 15.1 Å². The number of hydrogen-bond donors (Lipinski definition) is 2. The molecule has 5 rings (SSSR count). The molecule has 1 saturated heterocycles. The highest BCUT2D eigenvalue weighted by atomic mass is 32.2. The molecule has 0 radical (unpaired) electrons. The van der Waals surface area contributed by atoms with E-state index in [1.165, 1.54) is 16.1 Å². The van der Waals surface area contributed by atoms with E-state index in [4.69, 9.17) is 0 Å². The number of nitrogens with zero attached hydrogens (tertiary/aromatic N) is 2. The van der Waals surface area contributed by atoms with Crippen molar-refractivity contribution in [1.82, 2.24) is 4.90 Å². The van der Waals surface area contributed by atoms with E-state index in [1.807, 2.05) is 12.1 Å². The lowest BCUT2D eigenvalue weighted by molar-refractivity contribution is -0.163. The number of aliphatic carboxylic acids is 1. The molecule has 3 aliphatic rings. The Bertz CT molecular complexity index is 1260. The quantitative estimate of drug-likeness (QED) is 0.714. The Morgan fingerprint density at radius 3 is 2.50 bits per heavy atom. The van der Waals surface area contributed by atoms with Gasteiger partial charge in [-0.25, -0.2) is 13.2 Å². The molecule has 2 aromatic carbocycles. The fraction of sp³-hybridized carbons (Fsp3) is 0.333. The van der Waals surface area contributed by atoms with Gasteiger partial charge in [0.05, 0.1) is 35.2 Å². The van der Waals surface area contributed by atoms with Gasteiger partial charge in [-0.3, -0.25) is 9.10 Å². The van der Waals surface area contributed by atoms with Crippen molar-refractivity contribution in [2.24, 2.45) is 11.8 Å². The largest absolute Gasteiger partial charge is 0.477 e. The van der Waals surface area contributed by atoms with Gasteiger partial charge in [-0.2, -0.15) is 0 Å². The van der Waals surface area contributed by atoms with Crippen LogP contribution in [0.3, 0.4) is 0 Å². The number of aliphatic hydroxyl groups is 1. The van der Waals surface area contributed by atoms with Crippen LogP contribution < -0.4 is 4.31 Å². The minimum absolute atomic E-state index is 0.161. The summed E-state index contributed by atoms with van der Waals surface area (Å²) in [5.74, 6) is -2.80. The Morgan fingerprint density at radius 1 is 1.20 bits per heavy atom. The van der Waals surface area contributed by atoms with Gasteiger partial charge in [-0.15, -0.1) is 0 Å². The molecule has 0 aromatic heterocycles. The highest BCUT2D eigenvalue weighted by Gasteiger charge is 2.60. The van der Waals surface area contributed by atoms with Crippen LogP contribution in [0.1, 0.15) is 13.8 Å². The van der Waals surface area contributed by atoms with Crippen molar-refractivity contribution >= 4 is 38.4 Å². The number of hydrogen-bond acceptors (Lipinski definition) is 5. The molecular formula is C21H20N2O6S. The van der Waals surface area contributed by atoms with Crippen LogP contribution >= 0.6 is 0 Å². The van der Waals surface area contributed by atoms with Gasteiger partial charge in [-0.05, 0) is 30.0 Å². The Labute approximate surface area is 173 Å². The number of anilines is 1. The van der Waals surface area contributed by atoms with Crippen LogP contribution in [-0.4, -0.2) is 54.1 Å². The Hall–Kier alpha value is -2.91. The molecule has 0 unspecified atom stereocenters. The van der Waals surface area contributed by atoms with Gasteiger partial charge in [0.2, 0.25) is 5.91 Å². The second-order valence-corrected chi connectivity index (χ2v) is 9.91. The number of fused-ring (bicyclic) bond motifs is 1. The highest BCUT2D eigenvalue weighted by molar-refractivity contribution is 7.93. The standard InChI is InChI=1S/C21H20N2O6S/c1-10-13(19(21(26)27)23-18(10)16(11(2)24)20(23)25)9-22-14-7-3-5-12-6-4-8-15(17(12)14)30(22,28)29/h3-8,10-11,16,18,24H,9H2,1-2H3,(H,26,27)/t10-,11+,16+,18+/m0/s1. The zero-order valence-electron chi connectivity index (χ0n) is 16.3. The predicted molar refractivity (Wildman–Crippen MR) is 108 cm³/mol. The summed E-state index contributed by atoms with van der Waals surface area (Å²) in [5.41, 5.74) is 0.699. The molecular weight excluding hydrogens is 408 g/mol. The number of β-lactam (4-membered cyclic amide) rings is 1. The Balaban J connectivity index is 1.62. The van der Waals surface area contributed by atoms with Crippen LogP contribution in [-0.2, 0) is 19.6 Å². The summed E-state index contributed by atoms with van der Waals surface area (Å²) in [6.07, 6.45) is -0.913. The molecule has 8 nitrogen and oxygen atoms in total. The number of carboxylic acids is 1. The molecule has 0 aliphatic carbocycles. The second kappa shape index (κ2) is 6.05. The van der Waals surface area contributed by atoms with Crippen molar-refractivity contribution < 1.29 is 28.2 Å². The first-order chi connectivity index (χ1) is 14.2. The van der Waals surface area contributed by atoms with Crippen LogP contribution in [0, 0.1) is 11.8 Å². The molecule has 3 aliphatic heterocycles. The number of carbonyl (C=O) groups is 2. The van der Waals surface area contributed by atoms with Gasteiger partial charge in [0.15, 0.2) is 0 Å². The summed E-state index contributed by atoms with van der Waals surface area (Å²) in [5, 5.41) is 21.2. The van der Waals surface area contributed by atoms with E-state index < -0.39 is 45.9 Å². The van der Waals surface area contributed by atoms with E-state index in [2.05, 4.69) is 0 Å². The van der Waals surface area contributed by atoms with Gasteiger partial charge in [0, 0.05) is 11.3 Å². The first kappa shape index (κ1) is 19.1. The van der Waals surface area contributed by atoms with Crippen LogP contribution in [0.5, 0.6) is 0 Å². The fourth-order valence-corrected chi connectivity index (χ4v) is 6.83. The smallest absolute Gasteiger partial charge is 0.352 e. The summed E-state index contributed by atoms with van der Waals surface area (Å²) in [6.45, 7) is 3.13. The van der Waals surface area contributed by atoms with Gasteiger partial charge in [-0.1, -0.05) is 31.2 Å². The van der Waals surface area contributed by atoms with Gasteiger partial charge in [0.25, 0.3) is 10.0 Å². The lowest BCUT2D eigenvalue weighted by atomic mass is 9.78. The predicted octanol–water partition coefficient (Wildman–Crippen LogP) is 1.54. The molecule has 0 spiro atoms. The van der Waals surface area contributed by atoms with Crippen molar-refractivity contribution in [3.05, 3.63) is 47.7 Å². The normalized spacial score (nSPS) is 27.4. The first-order valence-corrected chi connectivity index (χ1v) is 11.1.